The molecule has 0 atom stereocenters. The predicted octanol–water partition coefficient (Wildman–Crippen LogP) is 2.56. The van der Waals surface area contributed by atoms with Gasteiger partial charge in [-0.05, 0) is 35.9 Å². The van der Waals surface area contributed by atoms with Gasteiger partial charge in [0.25, 0.3) is 5.56 Å². The van der Waals surface area contributed by atoms with Crippen LogP contribution >= 0.6 is 23.2 Å². The number of hydrogen-bond acceptors (Lipinski definition) is 5. The van der Waals surface area contributed by atoms with E-state index in [1.807, 2.05) is 12.1 Å². The third-order valence-corrected chi connectivity index (χ3v) is 5.68. The Hall–Kier alpha value is -3.11. The summed E-state index contributed by atoms with van der Waals surface area (Å²) in [5, 5.41) is 10.00. The van der Waals surface area contributed by atoms with Gasteiger partial charge >= 0.3 is 11.7 Å². The summed E-state index contributed by atoms with van der Waals surface area (Å²) in [6, 6.07) is 14.1. The fourth-order valence-electron chi connectivity index (χ4n) is 3.53. The first-order valence-corrected chi connectivity index (χ1v) is 11.3. The number of aliphatic hydroxyl groups is 3. The Morgan fingerprint density at radius 2 is 1.79 bits per heavy atom. The molecule has 0 saturated heterocycles. The first-order valence-electron chi connectivity index (χ1n) is 10.5. The number of ether oxygens (including phenoxy) is 2. The van der Waals surface area contributed by atoms with Gasteiger partial charge in [-0.2, -0.15) is 4.98 Å². The van der Waals surface area contributed by atoms with E-state index in [1.165, 1.54) is 4.57 Å². The van der Waals surface area contributed by atoms with Crippen molar-refractivity contribution < 1.29 is 14.6 Å². The molecule has 2 heterocycles. The standard InChI is InChI=1S/C23H22Cl2N4O5/c1-27-20-19(21(31)28(23(27)32)9-11-33-12-10-30)29(14-15-5-7-16(24)8-6-15)22(26-20)34-18-4-2-3-17(25)13-18/h2-8,13,30H,9-12,14H2,1H3/p+1. The molecule has 9 nitrogen and oxygen atoms in total. The number of halogens is 2. The normalized spacial score (nSPS) is 11.3. The van der Waals surface area contributed by atoms with Crippen LogP contribution in [0, 0.1) is 0 Å². The van der Waals surface area contributed by atoms with Gasteiger partial charge in [-0.1, -0.05) is 41.4 Å². The van der Waals surface area contributed by atoms with E-state index in [-0.39, 0.29) is 50.1 Å². The first-order chi connectivity index (χ1) is 16.4. The van der Waals surface area contributed by atoms with Crippen molar-refractivity contribution in [2.75, 3.05) is 19.8 Å². The van der Waals surface area contributed by atoms with E-state index in [2.05, 4.69) is 9.72 Å². The molecule has 0 radical (unpaired) electrons. The van der Waals surface area contributed by atoms with Crippen LogP contribution in [0.1, 0.15) is 5.56 Å². The summed E-state index contributed by atoms with van der Waals surface area (Å²) in [7, 11) is 1.55. The molecule has 0 aliphatic carbocycles. The number of rotatable bonds is 9. The SMILES string of the molecule is Cn1c(=O)n(CC[OH+]CCO)c(=O)c2c1nc(Oc1cccc(Cl)c1)n2Cc1ccc(Cl)cc1. The summed E-state index contributed by atoms with van der Waals surface area (Å²) in [5.41, 5.74) is 0.264. The maximum Gasteiger partial charge on any atom is 0.332 e. The summed E-state index contributed by atoms with van der Waals surface area (Å²) in [6.45, 7) is 0.704. The summed E-state index contributed by atoms with van der Waals surface area (Å²) in [6.07, 6.45) is 0. The summed E-state index contributed by atoms with van der Waals surface area (Å²) in [5.74, 6) is 0.438. The van der Waals surface area contributed by atoms with Gasteiger partial charge in [-0.3, -0.25) is 18.5 Å². The lowest BCUT2D eigenvalue weighted by atomic mass is 10.2. The second-order valence-corrected chi connectivity index (χ2v) is 8.40. The monoisotopic (exact) mass is 505 g/mol. The van der Waals surface area contributed by atoms with Crippen molar-refractivity contribution in [1.29, 1.82) is 0 Å². The van der Waals surface area contributed by atoms with Crippen LogP contribution in [0.4, 0.5) is 0 Å². The molecule has 0 fully saturated rings. The lowest BCUT2D eigenvalue weighted by molar-refractivity contribution is -0.0595. The largest absolute Gasteiger partial charge is 0.431 e. The zero-order valence-corrected chi connectivity index (χ0v) is 19.8. The molecule has 4 aromatic rings. The minimum atomic E-state index is -0.512. The first kappa shape index (κ1) is 24.0. The number of aromatic nitrogens is 4. The average Bonchev–Trinajstić information content (AvgIpc) is 3.16. The van der Waals surface area contributed by atoms with Gasteiger partial charge in [-0.25, -0.2) is 4.79 Å². The van der Waals surface area contributed by atoms with Gasteiger partial charge in [0.1, 0.15) is 12.4 Å². The number of imidazole rings is 1. The van der Waals surface area contributed by atoms with Crippen molar-refractivity contribution in [2.45, 2.75) is 13.1 Å². The highest BCUT2D eigenvalue weighted by molar-refractivity contribution is 6.30. The van der Waals surface area contributed by atoms with Crippen molar-refractivity contribution in [3.05, 3.63) is 85.0 Å². The molecule has 0 bridgehead atoms. The Morgan fingerprint density at radius 3 is 2.50 bits per heavy atom. The van der Waals surface area contributed by atoms with Gasteiger partial charge in [-0.15, -0.1) is 0 Å². The predicted molar refractivity (Wildman–Crippen MR) is 130 cm³/mol. The van der Waals surface area contributed by atoms with E-state index in [0.717, 1.165) is 10.1 Å². The Bertz CT molecular complexity index is 1430. The quantitative estimate of drug-likeness (QED) is 0.278. The number of fused-ring (bicyclic) bond motifs is 1. The molecule has 2 N–H and O–H groups in total. The number of nitrogens with zero attached hydrogens (tertiary/aromatic N) is 4. The van der Waals surface area contributed by atoms with Crippen molar-refractivity contribution in [2.24, 2.45) is 7.05 Å². The van der Waals surface area contributed by atoms with Gasteiger partial charge in [0, 0.05) is 17.1 Å². The molecule has 0 spiro atoms. The van der Waals surface area contributed by atoms with E-state index in [9.17, 15) is 9.59 Å². The van der Waals surface area contributed by atoms with Crippen LogP contribution in [0.2, 0.25) is 10.0 Å². The van der Waals surface area contributed by atoms with Crippen LogP contribution in [0.15, 0.2) is 58.1 Å². The van der Waals surface area contributed by atoms with Crippen molar-refractivity contribution in [3.63, 3.8) is 0 Å². The maximum absolute atomic E-state index is 13.5. The summed E-state index contributed by atoms with van der Waals surface area (Å²) >= 11 is 12.1. The molecule has 0 saturated carbocycles. The smallest absolute Gasteiger partial charge is 0.332 e. The molecule has 4 rings (SSSR count). The Balaban J connectivity index is 1.86. The summed E-state index contributed by atoms with van der Waals surface area (Å²) in [4.78, 5) is 30.8. The molecular formula is C23H23Cl2N4O5+. The maximum atomic E-state index is 13.5. The molecule has 2 aromatic carbocycles. The van der Waals surface area contributed by atoms with Crippen molar-refractivity contribution in [3.8, 4) is 11.8 Å². The molecule has 2 aromatic heterocycles. The fraction of sp³-hybridized carbons (Fsp3) is 0.261. The highest BCUT2D eigenvalue weighted by atomic mass is 35.5. The minimum Gasteiger partial charge on any atom is -0.431 e. The molecule has 0 aliphatic rings. The topological polar surface area (TPSA) is 104 Å². The van der Waals surface area contributed by atoms with Crippen LogP contribution in [0.5, 0.6) is 11.8 Å². The highest BCUT2D eigenvalue weighted by Gasteiger charge is 2.22. The van der Waals surface area contributed by atoms with E-state index >= 15 is 0 Å². The summed E-state index contributed by atoms with van der Waals surface area (Å²) < 4.78 is 14.2. The van der Waals surface area contributed by atoms with Gasteiger partial charge in [0.2, 0.25) is 0 Å². The third-order valence-electron chi connectivity index (χ3n) is 5.20. The fourth-order valence-corrected chi connectivity index (χ4v) is 3.84. The van der Waals surface area contributed by atoms with E-state index < -0.39 is 11.2 Å². The molecule has 0 amide bonds. The van der Waals surface area contributed by atoms with Crippen molar-refractivity contribution >= 4 is 34.4 Å². The zero-order valence-electron chi connectivity index (χ0n) is 18.3. The van der Waals surface area contributed by atoms with Crippen LogP contribution in [-0.2, 0) is 20.1 Å². The van der Waals surface area contributed by atoms with Gasteiger partial charge < -0.3 is 14.6 Å². The van der Waals surface area contributed by atoms with Gasteiger partial charge in [0.15, 0.2) is 24.4 Å². The number of hydrogen-bond donors (Lipinski definition) is 1. The average molecular weight is 506 g/mol. The van der Waals surface area contributed by atoms with E-state index in [0.29, 0.717) is 15.8 Å². The lowest BCUT2D eigenvalue weighted by Crippen LogP contribution is -2.41. The Labute approximate surface area is 204 Å². The highest BCUT2D eigenvalue weighted by Crippen LogP contribution is 2.27. The third kappa shape index (κ3) is 5.02. The van der Waals surface area contributed by atoms with Crippen LogP contribution in [0.25, 0.3) is 11.2 Å². The lowest BCUT2D eigenvalue weighted by Gasteiger charge is -2.11. The number of benzene rings is 2. The molecule has 34 heavy (non-hydrogen) atoms. The van der Waals surface area contributed by atoms with Crippen LogP contribution < -0.4 is 16.0 Å². The molecular weight excluding hydrogens is 483 g/mol. The molecule has 178 valence electrons. The minimum absolute atomic E-state index is 0.0814. The van der Waals surface area contributed by atoms with Gasteiger partial charge in [0.05, 0.1) is 13.1 Å². The molecule has 0 unspecified atom stereocenters. The number of aliphatic hydroxyl groups excluding tert-OH is 1. The zero-order chi connectivity index (χ0) is 24.2. The second-order valence-electron chi connectivity index (χ2n) is 7.53. The van der Waals surface area contributed by atoms with Crippen LogP contribution in [0.3, 0.4) is 0 Å². The Morgan fingerprint density at radius 1 is 1.03 bits per heavy atom. The van der Waals surface area contributed by atoms with E-state index in [1.54, 1.807) is 48.0 Å². The molecule has 0 aliphatic heterocycles. The van der Waals surface area contributed by atoms with E-state index in [4.69, 9.17) is 33.0 Å². The number of aryl methyl sites for hydroxylation is 1. The Kier molecular flexibility index (Phi) is 7.38. The van der Waals surface area contributed by atoms with Crippen molar-refractivity contribution in [1.82, 2.24) is 18.7 Å². The molecule has 11 heteroatoms. The second kappa shape index (κ2) is 10.4. The van der Waals surface area contributed by atoms with Crippen LogP contribution in [-0.4, -0.2) is 48.3 Å².